The van der Waals surface area contributed by atoms with Crippen LogP contribution in [0.5, 0.6) is 5.75 Å². The Kier molecular flexibility index (Phi) is 6.00. The molecule has 6 heteroatoms. The van der Waals surface area contributed by atoms with Crippen LogP contribution in [-0.4, -0.2) is 28.3 Å². The topological polar surface area (TPSA) is 35.0 Å². The molecular formula is C13H16N2OS3. The van der Waals surface area contributed by atoms with Gasteiger partial charge in [0, 0.05) is 5.75 Å². The Labute approximate surface area is 126 Å². The van der Waals surface area contributed by atoms with Gasteiger partial charge in [0.25, 0.3) is 0 Å². The molecule has 0 N–H and O–H groups in total. The highest BCUT2D eigenvalue weighted by atomic mass is 32.2. The van der Waals surface area contributed by atoms with Gasteiger partial charge in [-0.1, -0.05) is 60.0 Å². The van der Waals surface area contributed by atoms with Crippen molar-refractivity contribution in [1.82, 2.24) is 10.2 Å². The van der Waals surface area contributed by atoms with E-state index in [1.54, 1.807) is 34.9 Å². The van der Waals surface area contributed by atoms with Gasteiger partial charge in [0.05, 0.1) is 6.61 Å². The van der Waals surface area contributed by atoms with Crippen LogP contribution >= 0.6 is 34.9 Å². The van der Waals surface area contributed by atoms with Gasteiger partial charge in [0.2, 0.25) is 0 Å². The number of aromatic nitrogens is 2. The summed E-state index contributed by atoms with van der Waals surface area (Å²) in [4.78, 5) is 0. The smallest absolute Gasteiger partial charge is 0.175 e. The molecule has 0 radical (unpaired) electrons. The highest BCUT2D eigenvalue weighted by Crippen LogP contribution is 2.28. The first kappa shape index (κ1) is 14.7. The Bertz CT molecular complexity index is 516. The maximum Gasteiger partial charge on any atom is 0.175 e. The molecule has 0 spiro atoms. The van der Waals surface area contributed by atoms with Crippen LogP contribution in [0.2, 0.25) is 0 Å². The molecule has 19 heavy (non-hydrogen) atoms. The first-order valence-corrected chi connectivity index (χ1v) is 8.86. The van der Waals surface area contributed by atoms with Crippen LogP contribution in [0, 0.1) is 6.92 Å². The Morgan fingerprint density at radius 2 is 1.89 bits per heavy atom. The van der Waals surface area contributed by atoms with Gasteiger partial charge in [-0.15, -0.1) is 10.2 Å². The summed E-state index contributed by atoms with van der Waals surface area (Å²) in [5.41, 5.74) is 1.17. The van der Waals surface area contributed by atoms with Crippen molar-refractivity contribution in [3.63, 3.8) is 0 Å². The second kappa shape index (κ2) is 7.77. The summed E-state index contributed by atoms with van der Waals surface area (Å²) >= 11 is 5.09. The van der Waals surface area contributed by atoms with Crippen molar-refractivity contribution in [2.75, 3.05) is 18.1 Å². The van der Waals surface area contributed by atoms with Crippen molar-refractivity contribution in [2.45, 2.75) is 22.5 Å². The second-order valence-corrected chi connectivity index (χ2v) is 7.56. The van der Waals surface area contributed by atoms with E-state index in [0.29, 0.717) is 6.61 Å². The molecule has 1 aromatic carbocycles. The van der Waals surface area contributed by atoms with Gasteiger partial charge < -0.3 is 4.74 Å². The van der Waals surface area contributed by atoms with Gasteiger partial charge in [-0.05, 0) is 24.3 Å². The lowest BCUT2D eigenvalue weighted by Crippen LogP contribution is -2.01. The number of nitrogens with zero attached hydrogens (tertiary/aromatic N) is 2. The van der Waals surface area contributed by atoms with Crippen LogP contribution in [0.15, 0.2) is 32.9 Å². The summed E-state index contributed by atoms with van der Waals surface area (Å²) in [6.45, 7) is 4.86. The third kappa shape index (κ3) is 4.71. The van der Waals surface area contributed by atoms with Gasteiger partial charge >= 0.3 is 0 Å². The number of ether oxygens (including phenoxy) is 1. The minimum absolute atomic E-state index is 0.686. The first-order chi connectivity index (χ1) is 9.29. The fourth-order valence-electron chi connectivity index (χ4n) is 1.44. The van der Waals surface area contributed by atoms with Crippen molar-refractivity contribution in [1.29, 1.82) is 0 Å². The summed E-state index contributed by atoms with van der Waals surface area (Å²) in [5.74, 6) is 2.89. The second-order valence-electron chi connectivity index (χ2n) is 3.73. The minimum Gasteiger partial charge on any atom is -0.492 e. The number of rotatable bonds is 7. The summed E-state index contributed by atoms with van der Waals surface area (Å²) in [7, 11) is 0. The van der Waals surface area contributed by atoms with Crippen molar-refractivity contribution in [2.24, 2.45) is 0 Å². The van der Waals surface area contributed by atoms with E-state index in [-0.39, 0.29) is 0 Å². The lowest BCUT2D eigenvalue weighted by Gasteiger charge is -2.07. The van der Waals surface area contributed by atoms with Crippen molar-refractivity contribution >= 4 is 34.9 Å². The lowest BCUT2D eigenvalue weighted by molar-refractivity contribution is 0.341. The summed E-state index contributed by atoms with van der Waals surface area (Å²) in [6.07, 6.45) is 0. The van der Waals surface area contributed by atoms with E-state index < -0.39 is 0 Å². The molecule has 0 bridgehead atoms. The monoisotopic (exact) mass is 312 g/mol. The molecule has 0 atom stereocenters. The van der Waals surface area contributed by atoms with Crippen molar-refractivity contribution in [3.8, 4) is 5.75 Å². The third-order valence-electron chi connectivity index (χ3n) is 2.32. The molecule has 1 aromatic heterocycles. The summed E-state index contributed by atoms with van der Waals surface area (Å²) < 4.78 is 7.81. The van der Waals surface area contributed by atoms with Crippen LogP contribution in [0.3, 0.4) is 0 Å². The van der Waals surface area contributed by atoms with Crippen molar-refractivity contribution in [3.05, 3.63) is 29.8 Å². The number of thioether (sulfide) groups is 2. The molecule has 3 nitrogen and oxygen atoms in total. The minimum atomic E-state index is 0.686. The largest absolute Gasteiger partial charge is 0.492 e. The van der Waals surface area contributed by atoms with E-state index in [1.165, 1.54) is 5.56 Å². The molecule has 1 heterocycles. The maximum atomic E-state index is 5.74. The molecule has 2 aromatic rings. The lowest BCUT2D eigenvalue weighted by atomic mass is 10.2. The zero-order chi connectivity index (χ0) is 13.5. The Hall–Kier alpha value is -0.720. The molecule has 0 amide bonds. The molecule has 0 unspecified atom stereocenters. The molecule has 0 fully saturated rings. The SMILES string of the molecule is CCSc1nnc(SCCOc2ccccc2C)s1. The fraction of sp³-hybridized carbons (Fsp3) is 0.385. The first-order valence-electron chi connectivity index (χ1n) is 6.07. The average Bonchev–Trinajstić information content (AvgIpc) is 2.85. The molecular weight excluding hydrogens is 296 g/mol. The number of hydrogen-bond donors (Lipinski definition) is 0. The Morgan fingerprint density at radius 1 is 1.16 bits per heavy atom. The number of aryl methyl sites for hydroxylation is 1. The van der Waals surface area contributed by atoms with Gasteiger partial charge in [0.1, 0.15) is 5.75 Å². The molecule has 0 saturated heterocycles. The van der Waals surface area contributed by atoms with E-state index in [9.17, 15) is 0 Å². The quantitative estimate of drug-likeness (QED) is 0.567. The van der Waals surface area contributed by atoms with E-state index in [2.05, 4.69) is 30.1 Å². The van der Waals surface area contributed by atoms with Crippen LogP contribution in [0.1, 0.15) is 12.5 Å². The van der Waals surface area contributed by atoms with Gasteiger partial charge in [-0.25, -0.2) is 0 Å². The van der Waals surface area contributed by atoms with Crippen molar-refractivity contribution < 1.29 is 4.74 Å². The summed E-state index contributed by atoms with van der Waals surface area (Å²) in [5, 5.41) is 8.28. The normalized spacial score (nSPS) is 10.6. The third-order valence-corrected chi connectivity index (χ3v) is 5.35. The van der Waals surface area contributed by atoms with Crippen LogP contribution in [0.25, 0.3) is 0 Å². The maximum absolute atomic E-state index is 5.74. The Balaban J connectivity index is 1.73. The average molecular weight is 312 g/mol. The van der Waals surface area contributed by atoms with Gasteiger partial charge in [-0.2, -0.15) is 0 Å². The summed E-state index contributed by atoms with van der Waals surface area (Å²) in [6, 6.07) is 8.07. The molecule has 2 rings (SSSR count). The Morgan fingerprint density at radius 3 is 2.63 bits per heavy atom. The predicted molar refractivity (Wildman–Crippen MR) is 83.7 cm³/mol. The van der Waals surface area contributed by atoms with Crippen LogP contribution in [0.4, 0.5) is 0 Å². The molecule has 0 saturated carbocycles. The molecule has 0 aliphatic carbocycles. The number of benzene rings is 1. The molecule has 0 aliphatic heterocycles. The van der Waals surface area contributed by atoms with E-state index >= 15 is 0 Å². The fourth-order valence-corrected chi connectivity index (χ4v) is 4.24. The highest BCUT2D eigenvalue weighted by Gasteiger charge is 2.04. The van der Waals surface area contributed by atoms with Gasteiger partial charge in [0.15, 0.2) is 8.68 Å². The molecule has 0 aliphatic rings. The van der Waals surface area contributed by atoms with Crippen LogP contribution in [-0.2, 0) is 0 Å². The predicted octanol–water partition coefficient (Wildman–Crippen LogP) is 4.13. The van der Waals surface area contributed by atoms with Crippen LogP contribution < -0.4 is 4.74 Å². The zero-order valence-corrected chi connectivity index (χ0v) is 13.4. The van der Waals surface area contributed by atoms with E-state index in [0.717, 1.165) is 25.9 Å². The molecule has 102 valence electrons. The standard InChI is InChI=1S/C13H16N2OS3/c1-3-17-12-14-15-13(19-12)18-9-8-16-11-7-5-4-6-10(11)2/h4-7H,3,8-9H2,1-2H3. The zero-order valence-electron chi connectivity index (χ0n) is 11.0. The van der Waals surface area contributed by atoms with E-state index in [4.69, 9.17) is 4.74 Å². The number of para-hydroxylation sites is 1. The van der Waals surface area contributed by atoms with Gasteiger partial charge in [-0.3, -0.25) is 0 Å². The number of hydrogen-bond acceptors (Lipinski definition) is 6. The highest BCUT2D eigenvalue weighted by molar-refractivity contribution is 8.03. The van der Waals surface area contributed by atoms with E-state index in [1.807, 2.05) is 18.2 Å².